The van der Waals surface area contributed by atoms with Crippen molar-refractivity contribution in [2.24, 2.45) is 0 Å². The number of benzene rings is 1. The van der Waals surface area contributed by atoms with Crippen molar-refractivity contribution in [2.75, 3.05) is 14.2 Å². The summed E-state index contributed by atoms with van der Waals surface area (Å²) in [5, 5.41) is 19.4. The van der Waals surface area contributed by atoms with Crippen molar-refractivity contribution in [1.82, 2.24) is 5.06 Å². The fourth-order valence-electron chi connectivity index (χ4n) is 1.22. The highest BCUT2D eigenvalue weighted by atomic mass is 16.5. The quantitative estimate of drug-likeness (QED) is 0.576. The van der Waals surface area contributed by atoms with Crippen molar-refractivity contribution >= 4 is 5.97 Å². The third kappa shape index (κ3) is 2.93. The van der Waals surface area contributed by atoms with E-state index >= 15 is 0 Å². The summed E-state index contributed by atoms with van der Waals surface area (Å²) in [6.07, 6.45) is 0. The zero-order chi connectivity index (χ0) is 11.4. The highest BCUT2D eigenvalue weighted by Gasteiger charge is 2.12. The Morgan fingerprint density at radius 1 is 1.53 bits per heavy atom. The second-order valence-corrected chi connectivity index (χ2v) is 3.16. The fraction of sp³-hybridized carbons (Fsp3) is 0.300. The van der Waals surface area contributed by atoms with Crippen LogP contribution in [0.4, 0.5) is 0 Å². The minimum atomic E-state index is -0.602. The first-order valence-corrected chi connectivity index (χ1v) is 4.35. The van der Waals surface area contributed by atoms with Crippen molar-refractivity contribution in [3.63, 3.8) is 0 Å². The number of nitrogens with zero attached hydrogens (tertiary/aromatic N) is 1. The first kappa shape index (κ1) is 11.5. The van der Waals surface area contributed by atoms with Crippen LogP contribution in [0.3, 0.4) is 0 Å². The molecule has 0 amide bonds. The first-order chi connectivity index (χ1) is 7.04. The number of hydrogen-bond acceptors (Lipinski definition) is 5. The molecule has 0 atom stereocenters. The van der Waals surface area contributed by atoms with E-state index in [1.165, 1.54) is 26.3 Å². The molecule has 5 nitrogen and oxygen atoms in total. The van der Waals surface area contributed by atoms with Crippen molar-refractivity contribution in [3.8, 4) is 5.75 Å². The molecule has 1 rings (SSSR count). The van der Waals surface area contributed by atoms with E-state index in [4.69, 9.17) is 5.21 Å². The molecule has 1 aromatic carbocycles. The van der Waals surface area contributed by atoms with Gasteiger partial charge in [0.15, 0.2) is 0 Å². The van der Waals surface area contributed by atoms with E-state index in [9.17, 15) is 9.90 Å². The number of ether oxygens (including phenoxy) is 1. The topological polar surface area (TPSA) is 70.0 Å². The lowest BCUT2D eigenvalue weighted by Crippen LogP contribution is -2.12. The largest absolute Gasteiger partial charge is 0.507 e. The first-order valence-electron chi connectivity index (χ1n) is 4.35. The van der Waals surface area contributed by atoms with Gasteiger partial charge in [-0.25, -0.2) is 4.79 Å². The number of carbonyl (C=O) groups is 1. The highest BCUT2D eigenvalue weighted by molar-refractivity contribution is 5.92. The van der Waals surface area contributed by atoms with E-state index < -0.39 is 5.97 Å². The van der Waals surface area contributed by atoms with Gasteiger partial charge in [-0.2, -0.15) is 5.06 Å². The van der Waals surface area contributed by atoms with E-state index in [1.807, 2.05) is 0 Å². The molecule has 2 N–H and O–H groups in total. The van der Waals surface area contributed by atoms with Gasteiger partial charge in [0.05, 0.1) is 7.11 Å². The average molecular weight is 211 g/mol. The van der Waals surface area contributed by atoms with Gasteiger partial charge in [0.1, 0.15) is 11.3 Å². The molecule has 0 spiro atoms. The van der Waals surface area contributed by atoms with Gasteiger partial charge >= 0.3 is 5.97 Å². The summed E-state index contributed by atoms with van der Waals surface area (Å²) in [5.41, 5.74) is 0.801. The highest BCUT2D eigenvalue weighted by Crippen LogP contribution is 2.19. The number of hydrogen-bond donors (Lipinski definition) is 2. The molecule has 0 heterocycles. The predicted octanol–water partition coefficient (Wildman–Crippen LogP) is 1.000. The summed E-state index contributed by atoms with van der Waals surface area (Å²) in [5.74, 6) is -0.735. The standard InChI is InChI=1S/C10H13NO4/c1-11(14)6-7-3-4-9(12)8(5-7)10(13)15-2/h3-5,12,14H,6H2,1-2H3. The normalized spacial score (nSPS) is 10.4. The predicted molar refractivity (Wildman–Crippen MR) is 52.7 cm³/mol. The van der Waals surface area contributed by atoms with E-state index in [1.54, 1.807) is 6.07 Å². The van der Waals surface area contributed by atoms with Gasteiger partial charge in [0, 0.05) is 13.6 Å². The molecule has 0 bridgehead atoms. The Kier molecular flexibility index (Phi) is 3.65. The average Bonchev–Trinajstić information content (AvgIpc) is 2.19. The maximum Gasteiger partial charge on any atom is 0.341 e. The van der Waals surface area contributed by atoms with E-state index in [-0.39, 0.29) is 17.9 Å². The SMILES string of the molecule is COC(=O)c1cc(CN(C)O)ccc1O. The van der Waals surface area contributed by atoms with Crippen LogP contribution in [0.2, 0.25) is 0 Å². The lowest BCUT2D eigenvalue weighted by atomic mass is 10.1. The Morgan fingerprint density at radius 2 is 2.20 bits per heavy atom. The molecule has 1 aromatic rings. The second-order valence-electron chi connectivity index (χ2n) is 3.16. The van der Waals surface area contributed by atoms with Crippen molar-refractivity contribution in [3.05, 3.63) is 29.3 Å². The molecule has 0 radical (unpaired) electrons. The number of carbonyl (C=O) groups excluding carboxylic acids is 1. The van der Waals surface area contributed by atoms with Gasteiger partial charge in [-0.1, -0.05) is 6.07 Å². The summed E-state index contributed by atoms with van der Waals surface area (Å²) >= 11 is 0. The third-order valence-corrected chi connectivity index (χ3v) is 1.88. The molecule has 0 fully saturated rings. The summed E-state index contributed by atoms with van der Waals surface area (Å²) < 4.78 is 4.50. The summed E-state index contributed by atoms with van der Waals surface area (Å²) in [4.78, 5) is 11.2. The minimum absolute atomic E-state index is 0.0943. The van der Waals surface area contributed by atoms with Gasteiger partial charge < -0.3 is 15.1 Å². The number of hydroxylamine groups is 2. The zero-order valence-electron chi connectivity index (χ0n) is 8.60. The summed E-state index contributed by atoms with van der Waals surface area (Å²) in [6.45, 7) is 0.268. The molecule has 15 heavy (non-hydrogen) atoms. The van der Waals surface area contributed by atoms with Crippen LogP contribution in [0, 0.1) is 0 Å². The molecule has 82 valence electrons. The maximum atomic E-state index is 11.2. The Balaban J connectivity index is 3.00. The molecular formula is C10H13NO4. The van der Waals surface area contributed by atoms with Crippen molar-refractivity contribution < 1.29 is 19.8 Å². The molecule has 0 saturated heterocycles. The number of esters is 1. The Bertz CT molecular complexity index is 362. The number of rotatable bonds is 3. The number of methoxy groups -OCH3 is 1. The molecule has 0 aromatic heterocycles. The van der Waals surface area contributed by atoms with Crippen LogP contribution in [-0.4, -0.2) is 35.5 Å². The smallest absolute Gasteiger partial charge is 0.341 e. The number of aromatic hydroxyl groups is 1. The van der Waals surface area contributed by atoms with Crippen LogP contribution in [0.1, 0.15) is 15.9 Å². The van der Waals surface area contributed by atoms with Crippen LogP contribution < -0.4 is 0 Å². The molecule has 0 unspecified atom stereocenters. The Morgan fingerprint density at radius 3 is 2.73 bits per heavy atom. The lowest BCUT2D eigenvalue weighted by Gasteiger charge is -2.09. The van der Waals surface area contributed by atoms with Crippen LogP contribution in [0.25, 0.3) is 0 Å². The molecular weight excluding hydrogens is 198 g/mol. The number of phenolic OH excluding ortho intramolecular Hbond substituents is 1. The van der Waals surface area contributed by atoms with Gasteiger partial charge in [-0.05, 0) is 17.7 Å². The van der Waals surface area contributed by atoms with Gasteiger partial charge in [0.2, 0.25) is 0 Å². The molecule has 5 heteroatoms. The monoisotopic (exact) mass is 211 g/mol. The lowest BCUT2D eigenvalue weighted by molar-refractivity contribution is -0.0731. The molecule has 0 aliphatic rings. The van der Waals surface area contributed by atoms with Gasteiger partial charge in [-0.15, -0.1) is 0 Å². The second kappa shape index (κ2) is 4.77. The van der Waals surface area contributed by atoms with Crippen molar-refractivity contribution in [2.45, 2.75) is 6.54 Å². The zero-order valence-corrected chi connectivity index (χ0v) is 8.60. The third-order valence-electron chi connectivity index (χ3n) is 1.88. The Hall–Kier alpha value is -1.59. The summed E-state index contributed by atoms with van der Waals surface area (Å²) in [6, 6.07) is 4.49. The summed E-state index contributed by atoms with van der Waals surface area (Å²) in [7, 11) is 2.73. The Labute approximate surface area is 87.5 Å². The van der Waals surface area contributed by atoms with Crippen LogP contribution in [-0.2, 0) is 11.3 Å². The van der Waals surface area contributed by atoms with Crippen molar-refractivity contribution in [1.29, 1.82) is 0 Å². The minimum Gasteiger partial charge on any atom is -0.507 e. The van der Waals surface area contributed by atoms with Crippen LogP contribution in [0.15, 0.2) is 18.2 Å². The van der Waals surface area contributed by atoms with E-state index in [0.717, 1.165) is 5.06 Å². The van der Waals surface area contributed by atoms with Gasteiger partial charge in [-0.3, -0.25) is 0 Å². The molecule has 0 saturated carbocycles. The number of phenols is 1. The molecule has 0 aliphatic carbocycles. The molecule has 0 aliphatic heterocycles. The fourth-order valence-corrected chi connectivity index (χ4v) is 1.22. The maximum absolute atomic E-state index is 11.2. The van der Waals surface area contributed by atoms with E-state index in [2.05, 4.69) is 4.74 Å². The van der Waals surface area contributed by atoms with Crippen LogP contribution >= 0.6 is 0 Å². The van der Waals surface area contributed by atoms with Gasteiger partial charge in [0.25, 0.3) is 0 Å². The van der Waals surface area contributed by atoms with E-state index in [0.29, 0.717) is 5.56 Å². The van der Waals surface area contributed by atoms with Crippen LogP contribution in [0.5, 0.6) is 5.75 Å².